The van der Waals surface area contributed by atoms with Crippen LogP contribution in [0.15, 0.2) is 0 Å². The van der Waals surface area contributed by atoms with E-state index >= 15 is 0 Å². The minimum Gasteiger partial charge on any atom is -0.393 e. The molecule has 0 aromatic heterocycles. The van der Waals surface area contributed by atoms with Gasteiger partial charge in [-0.15, -0.1) is 0 Å². The Kier molecular flexibility index (Phi) is 3.27. The van der Waals surface area contributed by atoms with Crippen molar-refractivity contribution in [2.45, 2.75) is 97.0 Å². The average Bonchev–Trinajstić information content (AvgIpc) is 2.35. The number of hydrogen-bond donors (Lipinski definition) is 1. The Morgan fingerprint density at radius 1 is 0.905 bits per heavy atom. The first-order valence-corrected chi connectivity index (χ1v) is 9.59. The van der Waals surface area contributed by atoms with Crippen molar-refractivity contribution in [3.63, 3.8) is 0 Å². The maximum atomic E-state index is 11.2. The van der Waals surface area contributed by atoms with Crippen molar-refractivity contribution in [1.29, 1.82) is 0 Å². The molecular formula is C20H34O. The summed E-state index contributed by atoms with van der Waals surface area (Å²) in [5, 5.41) is 11.2. The maximum absolute atomic E-state index is 11.2. The second kappa shape index (κ2) is 4.73. The molecule has 0 aromatic rings. The summed E-state index contributed by atoms with van der Waals surface area (Å²) < 4.78 is 0. The summed E-state index contributed by atoms with van der Waals surface area (Å²) in [6.07, 6.45) is 16.4. The van der Waals surface area contributed by atoms with Crippen molar-refractivity contribution in [3.05, 3.63) is 0 Å². The van der Waals surface area contributed by atoms with Gasteiger partial charge in [-0.05, 0) is 73.0 Å². The van der Waals surface area contributed by atoms with Crippen LogP contribution < -0.4 is 0 Å². The first-order chi connectivity index (χ1) is 9.91. The van der Waals surface area contributed by atoms with Gasteiger partial charge < -0.3 is 5.11 Å². The van der Waals surface area contributed by atoms with E-state index in [1.165, 1.54) is 70.6 Å². The third-order valence-corrected chi connectivity index (χ3v) is 7.66. The van der Waals surface area contributed by atoms with Gasteiger partial charge in [-0.25, -0.2) is 0 Å². The molecule has 0 amide bonds. The predicted molar refractivity (Wildman–Crippen MR) is 87.0 cm³/mol. The minimum absolute atomic E-state index is 0.0114. The highest BCUT2D eigenvalue weighted by Gasteiger charge is 2.62. The fourth-order valence-corrected chi connectivity index (χ4v) is 7.90. The van der Waals surface area contributed by atoms with Crippen LogP contribution in [0.3, 0.4) is 0 Å². The number of hydrogen-bond acceptors (Lipinski definition) is 1. The molecule has 0 spiro atoms. The lowest BCUT2D eigenvalue weighted by atomic mass is 9.39. The molecule has 1 heteroatoms. The van der Waals surface area contributed by atoms with E-state index < -0.39 is 0 Å². The first-order valence-electron chi connectivity index (χ1n) is 9.59. The molecule has 5 aliphatic carbocycles. The van der Waals surface area contributed by atoms with Gasteiger partial charge >= 0.3 is 0 Å². The van der Waals surface area contributed by atoms with Crippen molar-refractivity contribution in [1.82, 2.24) is 0 Å². The Balaban J connectivity index is 1.53. The highest BCUT2D eigenvalue weighted by molar-refractivity contribution is 5.12. The van der Waals surface area contributed by atoms with E-state index in [0.29, 0.717) is 16.2 Å². The molecule has 0 saturated heterocycles. The van der Waals surface area contributed by atoms with Crippen molar-refractivity contribution in [2.75, 3.05) is 0 Å². The molecule has 5 rings (SSSR count). The van der Waals surface area contributed by atoms with Crippen LogP contribution in [-0.2, 0) is 0 Å². The third kappa shape index (κ3) is 2.48. The van der Waals surface area contributed by atoms with E-state index in [4.69, 9.17) is 0 Å². The van der Waals surface area contributed by atoms with Crippen molar-refractivity contribution in [2.24, 2.45) is 28.1 Å². The molecule has 4 bridgehead atoms. The fraction of sp³-hybridized carbons (Fsp3) is 1.00. The summed E-state index contributed by atoms with van der Waals surface area (Å²) in [6.45, 7) is 5.05. The molecule has 5 saturated carbocycles. The zero-order valence-electron chi connectivity index (χ0n) is 14.2. The van der Waals surface area contributed by atoms with Crippen LogP contribution >= 0.6 is 0 Å². The maximum Gasteiger partial charge on any atom is 0.0599 e. The highest BCUT2D eigenvalue weighted by Crippen LogP contribution is 2.70. The standard InChI is InChI=1S/C20H34O/c1-18-9-16-10-19(2,12-18)14-20(11-16,13-18)17(21)8-15-6-4-3-5-7-15/h15-17,21H,3-14H2,1-2H3. The van der Waals surface area contributed by atoms with Gasteiger partial charge in [-0.2, -0.15) is 0 Å². The molecule has 21 heavy (non-hydrogen) atoms. The summed E-state index contributed by atoms with van der Waals surface area (Å²) in [7, 11) is 0. The zero-order chi connectivity index (χ0) is 14.7. The molecule has 3 atom stereocenters. The molecule has 120 valence electrons. The zero-order valence-corrected chi connectivity index (χ0v) is 14.2. The quantitative estimate of drug-likeness (QED) is 0.746. The number of aliphatic hydroxyl groups excluding tert-OH is 1. The second-order valence-electron chi connectivity index (χ2n) is 10.2. The van der Waals surface area contributed by atoms with Gasteiger partial charge in [0, 0.05) is 0 Å². The lowest BCUT2D eigenvalue weighted by Crippen LogP contribution is -2.59. The van der Waals surface area contributed by atoms with E-state index in [1.54, 1.807) is 0 Å². The normalized spacial score (nSPS) is 51.3. The van der Waals surface area contributed by atoms with Crippen LogP contribution in [0.5, 0.6) is 0 Å². The van der Waals surface area contributed by atoms with E-state index in [2.05, 4.69) is 13.8 Å². The average molecular weight is 290 g/mol. The van der Waals surface area contributed by atoms with Crippen LogP contribution in [0, 0.1) is 28.1 Å². The van der Waals surface area contributed by atoms with Gasteiger partial charge in [-0.3, -0.25) is 0 Å². The van der Waals surface area contributed by atoms with Gasteiger partial charge in [0.2, 0.25) is 0 Å². The predicted octanol–water partition coefficient (Wildman–Crippen LogP) is 5.31. The molecule has 5 fully saturated rings. The minimum atomic E-state index is -0.0114. The van der Waals surface area contributed by atoms with Gasteiger partial charge in [-0.1, -0.05) is 46.0 Å². The van der Waals surface area contributed by atoms with Crippen LogP contribution in [-0.4, -0.2) is 11.2 Å². The molecule has 0 radical (unpaired) electrons. The Morgan fingerprint density at radius 2 is 1.52 bits per heavy atom. The highest BCUT2D eigenvalue weighted by atomic mass is 16.3. The van der Waals surface area contributed by atoms with Gasteiger partial charge in [0.05, 0.1) is 6.10 Å². The molecule has 0 aromatic carbocycles. The summed E-state index contributed by atoms with van der Waals surface area (Å²) in [6, 6.07) is 0. The lowest BCUT2D eigenvalue weighted by molar-refractivity contribution is -0.189. The summed E-state index contributed by atoms with van der Waals surface area (Å²) in [5.74, 6) is 1.74. The molecule has 1 N–H and O–H groups in total. The third-order valence-electron chi connectivity index (χ3n) is 7.66. The SMILES string of the molecule is CC12CC3CC(C)(C1)CC(C(O)CC1CCCCC1)(C3)C2. The van der Waals surface area contributed by atoms with Gasteiger partial charge in [0.1, 0.15) is 0 Å². The number of rotatable bonds is 3. The van der Waals surface area contributed by atoms with Crippen molar-refractivity contribution in [3.8, 4) is 0 Å². The molecule has 5 aliphatic rings. The summed E-state index contributed by atoms with van der Waals surface area (Å²) in [4.78, 5) is 0. The second-order valence-corrected chi connectivity index (χ2v) is 10.2. The van der Waals surface area contributed by atoms with Crippen molar-refractivity contribution < 1.29 is 5.11 Å². The Hall–Kier alpha value is -0.0400. The van der Waals surface area contributed by atoms with Crippen LogP contribution in [0.4, 0.5) is 0 Å². The van der Waals surface area contributed by atoms with E-state index in [-0.39, 0.29) is 6.10 Å². The van der Waals surface area contributed by atoms with Gasteiger partial charge in [0.25, 0.3) is 0 Å². The van der Waals surface area contributed by atoms with Crippen LogP contribution in [0.1, 0.15) is 90.9 Å². The van der Waals surface area contributed by atoms with E-state index in [9.17, 15) is 5.11 Å². The molecule has 0 heterocycles. The summed E-state index contributed by atoms with van der Waals surface area (Å²) in [5.41, 5.74) is 1.38. The Morgan fingerprint density at radius 3 is 2.10 bits per heavy atom. The molecule has 3 unspecified atom stereocenters. The smallest absolute Gasteiger partial charge is 0.0599 e. The fourth-order valence-electron chi connectivity index (χ4n) is 7.90. The molecule has 0 aliphatic heterocycles. The lowest BCUT2D eigenvalue weighted by Gasteiger charge is -2.66. The Bertz CT molecular complexity index is 390. The molecular weight excluding hydrogens is 256 g/mol. The first kappa shape index (κ1) is 14.5. The number of aliphatic hydroxyl groups is 1. The van der Waals surface area contributed by atoms with E-state index in [0.717, 1.165) is 18.3 Å². The molecule has 1 nitrogen and oxygen atoms in total. The van der Waals surface area contributed by atoms with Crippen molar-refractivity contribution >= 4 is 0 Å². The van der Waals surface area contributed by atoms with Crippen LogP contribution in [0.25, 0.3) is 0 Å². The van der Waals surface area contributed by atoms with Crippen LogP contribution in [0.2, 0.25) is 0 Å². The summed E-state index contributed by atoms with van der Waals surface area (Å²) >= 11 is 0. The van der Waals surface area contributed by atoms with E-state index in [1.807, 2.05) is 0 Å². The monoisotopic (exact) mass is 290 g/mol. The largest absolute Gasteiger partial charge is 0.393 e. The Labute approximate surface area is 130 Å². The topological polar surface area (TPSA) is 20.2 Å². The van der Waals surface area contributed by atoms with Gasteiger partial charge in [0.15, 0.2) is 0 Å².